The van der Waals surface area contributed by atoms with Gasteiger partial charge in [-0.05, 0) is 11.1 Å². The predicted octanol–water partition coefficient (Wildman–Crippen LogP) is -1.64. The van der Waals surface area contributed by atoms with Crippen molar-refractivity contribution in [2.24, 2.45) is 21.8 Å². The maximum atomic E-state index is 9.66. The molecule has 134 valence electrons. The maximum Gasteiger partial charge on any atom is 0.152 e. The Morgan fingerprint density at radius 3 is 1.21 bits per heavy atom. The van der Waals surface area contributed by atoms with Crippen molar-refractivity contribution >= 4 is 12.4 Å². The van der Waals surface area contributed by atoms with Crippen molar-refractivity contribution in [1.29, 1.82) is 0 Å². The lowest BCUT2D eigenvalue weighted by atomic mass is 10.1. The fraction of sp³-hybridized carbons (Fsp3) is 0.500. The lowest BCUT2D eigenvalue weighted by Gasteiger charge is -2.14. The lowest BCUT2D eigenvalue weighted by molar-refractivity contribution is 0.0372. The van der Waals surface area contributed by atoms with Gasteiger partial charge < -0.3 is 30.6 Å². The first-order valence-corrected chi connectivity index (χ1v) is 7.51. The molecule has 8 heteroatoms. The monoisotopic (exact) mass is 340 g/mol. The van der Waals surface area contributed by atoms with Gasteiger partial charge in [0.15, 0.2) is 12.5 Å². The van der Waals surface area contributed by atoms with Gasteiger partial charge >= 0.3 is 0 Å². The zero-order chi connectivity index (χ0) is 17.9. The number of aliphatic imine (C=N–C) groups is 2. The van der Waals surface area contributed by atoms with Crippen LogP contribution >= 0.6 is 0 Å². The molecule has 0 saturated heterocycles. The lowest BCUT2D eigenvalue weighted by Crippen LogP contribution is -2.25. The third kappa shape index (κ3) is 6.44. The predicted molar refractivity (Wildman–Crippen MR) is 89.0 cm³/mol. The van der Waals surface area contributed by atoms with Crippen molar-refractivity contribution in [3.05, 3.63) is 35.4 Å². The summed E-state index contributed by atoms with van der Waals surface area (Å²) < 4.78 is 0. The summed E-state index contributed by atoms with van der Waals surface area (Å²) in [6.07, 6.45) is 0.467. The van der Waals surface area contributed by atoms with Gasteiger partial charge in [-0.1, -0.05) is 24.3 Å². The Morgan fingerprint density at radius 1 is 0.667 bits per heavy atom. The second-order valence-corrected chi connectivity index (χ2v) is 5.30. The molecular weight excluding hydrogens is 316 g/mol. The van der Waals surface area contributed by atoms with Gasteiger partial charge in [-0.3, -0.25) is 9.98 Å². The van der Waals surface area contributed by atoms with Crippen molar-refractivity contribution in [2.45, 2.75) is 12.5 Å². The fourth-order valence-electron chi connectivity index (χ4n) is 1.73. The van der Waals surface area contributed by atoms with E-state index in [9.17, 15) is 10.2 Å². The molecule has 1 aromatic carbocycles. The Balaban J connectivity index is 2.66. The quantitative estimate of drug-likeness (QED) is 0.282. The molecule has 0 aromatic heterocycles. The van der Waals surface area contributed by atoms with Gasteiger partial charge in [-0.15, -0.1) is 0 Å². The topological polar surface area (TPSA) is 146 Å². The Morgan fingerprint density at radius 2 is 0.958 bits per heavy atom. The molecule has 8 nitrogen and oxygen atoms in total. The van der Waals surface area contributed by atoms with E-state index in [1.807, 2.05) is 0 Å². The summed E-state index contributed by atoms with van der Waals surface area (Å²) in [7, 11) is 0. The summed E-state index contributed by atoms with van der Waals surface area (Å²) in [6, 6.07) is 6.86. The van der Waals surface area contributed by atoms with Crippen molar-refractivity contribution < 1.29 is 30.6 Å². The first-order valence-electron chi connectivity index (χ1n) is 7.51. The highest BCUT2D eigenvalue weighted by Crippen LogP contribution is 2.07. The van der Waals surface area contributed by atoms with E-state index >= 15 is 0 Å². The number of nitrogens with zero attached hydrogens (tertiary/aromatic N) is 2. The van der Waals surface area contributed by atoms with Crippen molar-refractivity contribution in [1.82, 2.24) is 0 Å². The van der Waals surface area contributed by atoms with Gasteiger partial charge in [0.2, 0.25) is 0 Å². The molecule has 2 atom stereocenters. The van der Waals surface area contributed by atoms with Crippen molar-refractivity contribution in [2.75, 3.05) is 26.4 Å². The second-order valence-electron chi connectivity index (χ2n) is 5.30. The molecule has 0 saturated carbocycles. The van der Waals surface area contributed by atoms with Crippen LogP contribution in [0.15, 0.2) is 34.3 Å². The van der Waals surface area contributed by atoms with E-state index in [1.54, 1.807) is 24.3 Å². The molecule has 1 aromatic rings. The minimum atomic E-state index is -1.19. The Hall–Kier alpha value is -1.68. The molecule has 0 heterocycles. The van der Waals surface area contributed by atoms with E-state index in [1.165, 1.54) is 12.4 Å². The highest BCUT2D eigenvalue weighted by atomic mass is 16.3. The molecule has 0 radical (unpaired) electrons. The zero-order valence-corrected chi connectivity index (χ0v) is 13.2. The van der Waals surface area contributed by atoms with Crippen LogP contribution in [0.4, 0.5) is 0 Å². The largest absolute Gasteiger partial charge is 0.396 e. The molecule has 0 amide bonds. The van der Waals surface area contributed by atoms with Gasteiger partial charge in [0, 0.05) is 12.4 Å². The standard InChI is InChI=1S/C16H24N2O6/c19-7-13(8-20)15(23)17-5-11-1-2-12(4-3-11)6-18-16(24)14(9-21)10-22/h1-6,13-16,19-24H,7-10H2/b17-5+,18-6+. The Kier molecular flexibility index (Phi) is 9.31. The number of aliphatic hydroxyl groups excluding tert-OH is 6. The van der Waals surface area contributed by atoms with Gasteiger partial charge in [0.25, 0.3) is 0 Å². The Labute approximate surface area is 140 Å². The van der Waals surface area contributed by atoms with Gasteiger partial charge in [0.1, 0.15) is 0 Å². The molecule has 0 aliphatic carbocycles. The number of hydrogen-bond donors (Lipinski definition) is 6. The van der Waals surface area contributed by atoms with Crippen LogP contribution in [0.2, 0.25) is 0 Å². The van der Waals surface area contributed by atoms with Crippen LogP contribution in [0.3, 0.4) is 0 Å². The third-order valence-corrected chi connectivity index (χ3v) is 3.47. The molecule has 0 aliphatic heterocycles. The molecule has 0 spiro atoms. The van der Waals surface area contributed by atoms with E-state index in [2.05, 4.69) is 9.98 Å². The number of benzene rings is 1. The summed E-state index contributed by atoms with van der Waals surface area (Å²) in [4.78, 5) is 7.73. The average molecular weight is 340 g/mol. The number of aliphatic hydroxyl groups is 6. The van der Waals surface area contributed by atoms with Crippen LogP contribution in [-0.2, 0) is 0 Å². The molecule has 1 rings (SSSR count). The van der Waals surface area contributed by atoms with E-state index in [4.69, 9.17) is 20.4 Å². The normalized spacial score (nSPS) is 15.0. The molecule has 24 heavy (non-hydrogen) atoms. The summed E-state index contributed by atoms with van der Waals surface area (Å²) in [5, 5.41) is 55.1. The van der Waals surface area contributed by atoms with Gasteiger partial charge in [-0.2, -0.15) is 0 Å². The van der Waals surface area contributed by atoms with E-state index < -0.39 is 24.3 Å². The molecule has 6 N–H and O–H groups in total. The molecule has 0 bridgehead atoms. The maximum absolute atomic E-state index is 9.66. The fourth-order valence-corrected chi connectivity index (χ4v) is 1.73. The van der Waals surface area contributed by atoms with E-state index in [0.717, 1.165) is 0 Å². The van der Waals surface area contributed by atoms with Crippen molar-refractivity contribution in [3.63, 3.8) is 0 Å². The van der Waals surface area contributed by atoms with Crippen LogP contribution in [0.5, 0.6) is 0 Å². The van der Waals surface area contributed by atoms with Crippen LogP contribution < -0.4 is 0 Å². The smallest absolute Gasteiger partial charge is 0.152 e. The first kappa shape index (κ1) is 20.4. The van der Waals surface area contributed by atoms with Crippen LogP contribution in [-0.4, -0.2) is 82.0 Å². The Bertz CT molecular complexity index is 465. The first-order chi connectivity index (χ1) is 11.5. The van der Waals surface area contributed by atoms with Gasteiger partial charge in [-0.25, -0.2) is 0 Å². The number of rotatable bonds is 10. The zero-order valence-electron chi connectivity index (χ0n) is 13.2. The van der Waals surface area contributed by atoms with E-state index in [0.29, 0.717) is 11.1 Å². The molecule has 2 unspecified atom stereocenters. The second kappa shape index (κ2) is 11.0. The van der Waals surface area contributed by atoms with Crippen LogP contribution in [0.25, 0.3) is 0 Å². The van der Waals surface area contributed by atoms with Gasteiger partial charge in [0.05, 0.1) is 38.3 Å². The molecular formula is C16H24N2O6. The summed E-state index contributed by atoms with van der Waals surface area (Å²) in [5.74, 6) is -1.44. The third-order valence-electron chi connectivity index (χ3n) is 3.47. The summed E-state index contributed by atoms with van der Waals surface area (Å²) >= 11 is 0. The SMILES string of the molecule is OCC(CO)C(O)/N=C/c1ccc(/C=N/C(O)C(CO)CO)cc1. The average Bonchev–Trinajstić information content (AvgIpc) is 2.61. The van der Waals surface area contributed by atoms with E-state index in [-0.39, 0.29) is 26.4 Å². The highest BCUT2D eigenvalue weighted by Gasteiger charge is 2.16. The summed E-state index contributed by atoms with van der Waals surface area (Å²) in [5.41, 5.74) is 1.40. The highest BCUT2D eigenvalue weighted by molar-refractivity contribution is 5.84. The number of hydrogen-bond acceptors (Lipinski definition) is 8. The van der Waals surface area contributed by atoms with Crippen LogP contribution in [0, 0.1) is 11.8 Å². The minimum Gasteiger partial charge on any atom is -0.396 e. The van der Waals surface area contributed by atoms with Crippen LogP contribution in [0.1, 0.15) is 11.1 Å². The molecule has 0 aliphatic rings. The minimum absolute atomic E-state index is 0.366. The van der Waals surface area contributed by atoms with Crippen molar-refractivity contribution in [3.8, 4) is 0 Å². The summed E-state index contributed by atoms with van der Waals surface area (Å²) in [6.45, 7) is -1.46. The molecule has 0 fully saturated rings.